The summed E-state index contributed by atoms with van der Waals surface area (Å²) in [6.07, 6.45) is 0. The van der Waals surface area contributed by atoms with Gasteiger partial charge in [0.2, 0.25) is 0 Å². The van der Waals surface area contributed by atoms with Crippen LogP contribution in [-0.2, 0) is 14.9 Å². The fraction of sp³-hybridized carbons (Fsp3) is 0.176. The van der Waals surface area contributed by atoms with Gasteiger partial charge in [-0.1, -0.05) is 17.7 Å². The maximum absolute atomic E-state index is 12.4. The number of thiophene rings is 1. The number of fused-ring (bicyclic) bond motifs is 1. The van der Waals surface area contributed by atoms with Gasteiger partial charge < -0.3 is 10.5 Å². The molecule has 2 aromatic rings. The second kappa shape index (κ2) is 5.41. The van der Waals surface area contributed by atoms with Gasteiger partial charge in [0.1, 0.15) is 5.41 Å². The quantitative estimate of drug-likeness (QED) is 0.847. The lowest BCUT2D eigenvalue weighted by molar-refractivity contribution is -0.136. The molecule has 1 aromatic heterocycles. The number of rotatable bonds is 2. The number of nitrogens with two attached hydrogens (primary N) is 1. The zero-order valence-corrected chi connectivity index (χ0v) is 14.1. The van der Waals surface area contributed by atoms with Gasteiger partial charge in [0, 0.05) is 15.5 Å². The number of carbonyl (C=O) groups excluding carboxylic acids is 1. The van der Waals surface area contributed by atoms with Gasteiger partial charge in [-0.15, -0.1) is 11.3 Å². The van der Waals surface area contributed by atoms with Crippen molar-refractivity contribution >= 4 is 34.6 Å². The predicted molar refractivity (Wildman–Crippen MR) is 90.0 cm³/mol. The third kappa shape index (κ3) is 2.07. The molecule has 0 radical (unpaired) electrons. The van der Waals surface area contributed by atoms with Gasteiger partial charge in [-0.05, 0) is 41.6 Å². The van der Waals surface area contributed by atoms with Crippen molar-refractivity contribution in [3.8, 4) is 6.07 Å². The van der Waals surface area contributed by atoms with Gasteiger partial charge in [-0.2, -0.15) is 5.26 Å². The molecule has 0 saturated carbocycles. The van der Waals surface area contributed by atoms with E-state index >= 15 is 0 Å². The molecule has 0 aliphatic heterocycles. The molecule has 4 nitrogen and oxygen atoms in total. The molecule has 1 unspecified atom stereocenters. The van der Waals surface area contributed by atoms with Crippen LogP contribution in [0, 0.1) is 18.3 Å². The molecule has 0 bridgehead atoms. The molecule has 1 heterocycles. The Morgan fingerprint density at radius 2 is 2.17 bits per heavy atom. The van der Waals surface area contributed by atoms with Crippen molar-refractivity contribution in [2.45, 2.75) is 12.3 Å². The fourth-order valence-electron chi connectivity index (χ4n) is 3.02. The summed E-state index contributed by atoms with van der Waals surface area (Å²) in [6.45, 7) is 1.94. The highest BCUT2D eigenvalue weighted by atomic mass is 35.5. The van der Waals surface area contributed by atoms with Crippen LogP contribution in [0.4, 0.5) is 0 Å². The Balaban J connectivity index is 2.42. The molecule has 0 spiro atoms. The van der Waals surface area contributed by atoms with Crippen LogP contribution in [-0.4, -0.2) is 13.1 Å². The molecule has 1 aliphatic rings. The standard InChI is InChI=1S/C17H13ClN2O2S/c1-9-5-10(7-23-9)17(8-19)13-6-11(18)3-4-12(13)15(20)14(17)16(21)22-2/h3-7H,20H2,1-2H3. The van der Waals surface area contributed by atoms with Crippen LogP contribution in [0.1, 0.15) is 21.6 Å². The largest absolute Gasteiger partial charge is 0.466 e. The first kappa shape index (κ1) is 15.6. The van der Waals surface area contributed by atoms with Crippen molar-refractivity contribution in [3.63, 3.8) is 0 Å². The molecule has 23 heavy (non-hydrogen) atoms. The second-order valence-corrected chi connectivity index (χ2v) is 6.83. The molecule has 116 valence electrons. The van der Waals surface area contributed by atoms with Gasteiger partial charge in [0.05, 0.1) is 24.4 Å². The number of aryl methyl sites for hydroxylation is 1. The third-order valence-corrected chi connectivity index (χ3v) is 5.14. The first-order valence-electron chi connectivity index (χ1n) is 6.81. The molecular formula is C17H13ClN2O2S. The van der Waals surface area contributed by atoms with Crippen LogP contribution in [0.25, 0.3) is 5.70 Å². The molecule has 1 aliphatic carbocycles. The van der Waals surface area contributed by atoms with Crippen LogP contribution in [0.2, 0.25) is 5.02 Å². The van der Waals surface area contributed by atoms with Gasteiger partial charge >= 0.3 is 5.97 Å². The molecule has 3 rings (SSSR count). The fourth-order valence-corrected chi connectivity index (χ4v) is 3.94. The van der Waals surface area contributed by atoms with E-state index in [1.165, 1.54) is 18.4 Å². The minimum atomic E-state index is -1.30. The third-order valence-electron chi connectivity index (χ3n) is 4.04. The lowest BCUT2D eigenvalue weighted by atomic mass is 9.74. The Bertz CT molecular complexity index is 894. The normalized spacial score (nSPS) is 19.4. The number of carbonyl (C=O) groups is 1. The van der Waals surface area contributed by atoms with E-state index in [9.17, 15) is 10.1 Å². The lowest BCUT2D eigenvalue weighted by Gasteiger charge is -2.24. The SMILES string of the molecule is COC(=O)C1=C(N)c2ccc(Cl)cc2C1(C#N)c1csc(C)c1. The number of nitrogens with zero attached hydrogens (tertiary/aromatic N) is 1. The van der Waals surface area contributed by atoms with Crippen molar-refractivity contribution in [1.82, 2.24) is 0 Å². The maximum Gasteiger partial charge on any atom is 0.338 e. The summed E-state index contributed by atoms with van der Waals surface area (Å²) >= 11 is 7.63. The number of methoxy groups -OCH3 is 1. The highest BCUT2D eigenvalue weighted by molar-refractivity contribution is 7.10. The first-order chi connectivity index (χ1) is 11.0. The van der Waals surface area contributed by atoms with Crippen LogP contribution >= 0.6 is 22.9 Å². The Labute approximate surface area is 142 Å². The van der Waals surface area contributed by atoms with E-state index in [0.29, 0.717) is 21.7 Å². The summed E-state index contributed by atoms with van der Waals surface area (Å²) in [5, 5.41) is 12.4. The first-order valence-corrected chi connectivity index (χ1v) is 8.07. The number of benzene rings is 1. The average Bonchev–Trinajstić information content (AvgIpc) is 3.07. The molecule has 6 heteroatoms. The zero-order valence-electron chi connectivity index (χ0n) is 12.5. The van der Waals surface area contributed by atoms with Gasteiger partial charge in [0.25, 0.3) is 0 Å². The van der Waals surface area contributed by atoms with Crippen LogP contribution < -0.4 is 5.73 Å². The van der Waals surface area contributed by atoms with Gasteiger partial charge in [-0.25, -0.2) is 4.79 Å². The molecule has 2 N–H and O–H groups in total. The number of halogens is 1. The van der Waals surface area contributed by atoms with Crippen LogP contribution in [0.15, 0.2) is 35.2 Å². The molecule has 0 saturated heterocycles. The Morgan fingerprint density at radius 1 is 1.43 bits per heavy atom. The van der Waals surface area contributed by atoms with E-state index < -0.39 is 11.4 Å². The van der Waals surface area contributed by atoms with E-state index in [4.69, 9.17) is 22.1 Å². The Kier molecular flexibility index (Phi) is 3.67. The second-order valence-electron chi connectivity index (χ2n) is 5.28. The minimum absolute atomic E-state index is 0.151. The molecule has 1 atom stereocenters. The molecule has 0 fully saturated rings. The zero-order chi connectivity index (χ0) is 16.8. The topological polar surface area (TPSA) is 76.1 Å². The summed E-state index contributed by atoms with van der Waals surface area (Å²) in [6, 6.07) is 9.29. The number of hydrogen-bond donors (Lipinski definition) is 1. The number of ether oxygens (including phenoxy) is 1. The summed E-state index contributed by atoms with van der Waals surface area (Å²) < 4.78 is 4.89. The summed E-state index contributed by atoms with van der Waals surface area (Å²) in [4.78, 5) is 13.4. The van der Waals surface area contributed by atoms with Crippen LogP contribution in [0.3, 0.4) is 0 Å². The molecule has 1 aromatic carbocycles. The molecular weight excluding hydrogens is 332 g/mol. The molecule has 0 amide bonds. The van der Waals surface area contributed by atoms with E-state index in [2.05, 4.69) is 6.07 Å². The summed E-state index contributed by atoms with van der Waals surface area (Å²) in [5.41, 5.74) is 7.26. The van der Waals surface area contributed by atoms with Gasteiger partial charge in [-0.3, -0.25) is 0 Å². The van der Waals surface area contributed by atoms with E-state index in [0.717, 1.165) is 4.88 Å². The Hall–Kier alpha value is -2.29. The van der Waals surface area contributed by atoms with Crippen molar-refractivity contribution in [2.24, 2.45) is 5.73 Å². The minimum Gasteiger partial charge on any atom is -0.466 e. The van der Waals surface area contributed by atoms with E-state index in [-0.39, 0.29) is 11.3 Å². The van der Waals surface area contributed by atoms with Gasteiger partial charge in [0.15, 0.2) is 0 Å². The maximum atomic E-state index is 12.4. The van der Waals surface area contributed by atoms with E-state index in [1.807, 2.05) is 18.4 Å². The average molecular weight is 345 g/mol. The number of esters is 1. The van der Waals surface area contributed by atoms with Crippen molar-refractivity contribution in [3.05, 3.63) is 61.8 Å². The van der Waals surface area contributed by atoms with Crippen LogP contribution in [0.5, 0.6) is 0 Å². The monoisotopic (exact) mass is 344 g/mol. The van der Waals surface area contributed by atoms with E-state index in [1.54, 1.807) is 18.2 Å². The Morgan fingerprint density at radius 3 is 2.74 bits per heavy atom. The highest BCUT2D eigenvalue weighted by Crippen LogP contribution is 2.50. The number of nitriles is 1. The lowest BCUT2D eigenvalue weighted by Crippen LogP contribution is -2.31. The number of hydrogen-bond acceptors (Lipinski definition) is 5. The van der Waals surface area contributed by atoms with Crippen molar-refractivity contribution < 1.29 is 9.53 Å². The van der Waals surface area contributed by atoms with Crippen molar-refractivity contribution in [2.75, 3.05) is 7.11 Å². The highest BCUT2D eigenvalue weighted by Gasteiger charge is 2.51. The van der Waals surface area contributed by atoms with Crippen molar-refractivity contribution in [1.29, 1.82) is 5.26 Å². The summed E-state index contributed by atoms with van der Waals surface area (Å²) in [7, 11) is 1.28. The smallest absolute Gasteiger partial charge is 0.338 e. The summed E-state index contributed by atoms with van der Waals surface area (Å²) in [5.74, 6) is -0.611. The predicted octanol–water partition coefficient (Wildman–Crippen LogP) is 3.38.